The summed E-state index contributed by atoms with van der Waals surface area (Å²) < 4.78 is 2.04. The average molecular weight is 304 g/mol. The molecule has 1 atom stereocenters. The van der Waals surface area contributed by atoms with E-state index in [2.05, 4.69) is 40.6 Å². The number of nitrogens with zero attached hydrogens (tertiary/aromatic N) is 3. The van der Waals surface area contributed by atoms with Crippen LogP contribution < -0.4 is 5.73 Å². The van der Waals surface area contributed by atoms with Crippen LogP contribution in [-0.4, -0.2) is 27.3 Å². The molecule has 1 saturated carbocycles. The summed E-state index contributed by atoms with van der Waals surface area (Å²) in [7, 11) is 0. The summed E-state index contributed by atoms with van der Waals surface area (Å²) in [6, 6.07) is 5.32. The zero-order chi connectivity index (χ0) is 14.7. The number of thiophene rings is 1. The summed E-state index contributed by atoms with van der Waals surface area (Å²) in [5.41, 5.74) is 7.37. The molecule has 0 bridgehead atoms. The fourth-order valence-electron chi connectivity index (χ4n) is 2.85. The van der Waals surface area contributed by atoms with Gasteiger partial charge in [-0.15, -0.1) is 11.3 Å². The Kier molecular flexibility index (Phi) is 4.73. The van der Waals surface area contributed by atoms with Crippen molar-refractivity contribution in [3.05, 3.63) is 40.3 Å². The molecule has 2 heterocycles. The number of nitrogens with two attached hydrogens (primary N) is 1. The van der Waals surface area contributed by atoms with E-state index in [1.165, 1.54) is 23.3 Å². The zero-order valence-corrected chi connectivity index (χ0v) is 13.4. The van der Waals surface area contributed by atoms with E-state index in [9.17, 15) is 0 Å². The van der Waals surface area contributed by atoms with Crippen LogP contribution in [0.15, 0.2) is 29.9 Å². The SMILES string of the molecule is CCCn1cc(C(CN)N(Cc2cccs2)C2CC2)cn1. The minimum Gasteiger partial charge on any atom is -0.329 e. The summed E-state index contributed by atoms with van der Waals surface area (Å²) in [5.74, 6) is 0. The van der Waals surface area contributed by atoms with Crippen molar-refractivity contribution in [3.63, 3.8) is 0 Å². The van der Waals surface area contributed by atoms with E-state index in [-0.39, 0.29) is 6.04 Å². The highest BCUT2D eigenvalue weighted by atomic mass is 32.1. The van der Waals surface area contributed by atoms with Crippen molar-refractivity contribution in [2.45, 2.75) is 51.4 Å². The Balaban J connectivity index is 1.77. The first-order valence-electron chi connectivity index (χ1n) is 7.82. The minimum absolute atomic E-state index is 0.283. The summed E-state index contributed by atoms with van der Waals surface area (Å²) in [5, 5.41) is 6.62. The molecule has 2 N–H and O–H groups in total. The van der Waals surface area contributed by atoms with Gasteiger partial charge in [0, 0.05) is 42.3 Å². The molecule has 0 aromatic carbocycles. The van der Waals surface area contributed by atoms with E-state index in [0.29, 0.717) is 12.6 Å². The van der Waals surface area contributed by atoms with Crippen LogP contribution in [0.1, 0.15) is 42.7 Å². The molecular formula is C16H24N4S. The van der Waals surface area contributed by atoms with Crippen LogP contribution in [0, 0.1) is 0 Å². The third-order valence-corrected chi connectivity index (χ3v) is 4.91. The third kappa shape index (κ3) is 3.54. The quantitative estimate of drug-likeness (QED) is 0.815. The molecular weight excluding hydrogens is 280 g/mol. The third-order valence-electron chi connectivity index (χ3n) is 4.05. The van der Waals surface area contributed by atoms with Crippen molar-refractivity contribution in [2.24, 2.45) is 5.73 Å². The molecule has 1 unspecified atom stereocenters. The van der Waals surface area contributed by atoms with E-state index < -0.39 is 0 Å². The lowest BCUT2D eigenvalue weighted by atomic mass is 10.1. The highest BCUT2D eigenvalue weighted by Crippen LogP contribution is 2.35. The van der Waals surface area contributed by atoms with Crippen molar-refractivity contribution in [1.29, 1.82) is 0 Å². The first kappa shape index (κ1) is 14.8. The van der Waals surface area contributed by atoms with Gasteiger partial charge in [0.05, 0.1) is 12.2 Å². The van der Waals surface area contributed by atoms with E-state index in [0.717, 1.165) is 19.5 Å². The fraction of sp³-hybridized carbons (Fsp3) is 0.562. The van der Waals surface area contributed by atoms with Gasteiger partial charge in [-0.2, -0.15) is 5.10 Å². The van der Waals surface area contributed by atoms with Gasteiger partial charge in [-0.3, -0.25) is 9.58 Å². The maximum Gasteiger partial charge on any atom is 0.0538 e. The normalized spacial score (nSPS) is 16.5. The molecule has 3 rings (SSSR count). The Bertz CT molecular complexity index is 544. The van der Waals surface area contributed by atoms with E-state index >= 15 is 0 Å². The Labute approximate surface area is 130 Å². The van der Waals surface area contributed by atoms with Gasteiger partial charge < -0.3 is 5.73 Å². The number of hydrogen-bond donors (Lipinski definition) is 1. The molecule has 1 aliphatic carbocycles. The Morgan fingerprint density at radius 1 is 1.52 bits per heavy atom. The van der Waals surface area contributed by atoms with Crippen LogP contribution in [0.25, 0.3) is 0 Å². The van der Waals surface area contributed by atoms with Crippen molar-refractivity contribution >= 4 is 11.3 Å². The monoisotopic (exact) mass is 304 g/mol. The molecule has 2 aromatic heterocycles. The largest absolute Gasteiger partial charge is 0.329 e. The van der Waals surface area contributed by atoms with E-state index in [1.54, 1.807) is 0 Å². The van der Waals surface area contributed by atoms with Crippen molar-refractivity contribution in [1.82, 2.24) is 14.7 Å². The summed E-state index contributed by atoms with van der Waals surface area (Å²) in [6.07, 6.45) is 7.87. The highest BCUT2D eigenvalue weighted by molar-refractivity contribution is 7.09. The Morgan fingerprint density at radius 3 is 3.00 bits per heavy atom. The molecule has 0 aliphatic heterocycles. The molecule has 0 radical (unpaired) electrons. The van der Waals surface area contributed by atoms with Gasteiger partial charge in [0.1, 0.15) is 0 Å². The summed E-state index contributed by atoms with van der Waals surface area (Å²) in [4.78, 5) is 3.99. The maximum absolute atomic E-state index is 6.11. The van der Waals surface area contributed by atoms with Crippen LogP contribution >= 0.6 is 11.3 Å². The van der Waals surface area contributed by atoms with Gasteiger partial charge in [0.2, 0.25) is 0 Å². The minimum atomic E-state index is 0.283. The average Bonchev–Trinajstić information content (AvgIpc) is 3.00. The van der Waals surface area contributed by atoms with E-state index in [4.69, 9.17) is 5.73 Å². The number of aromatic nitrogens is 2. The molecule has 1 aliphatic rings. The van der Waals surface area contributed by atoms with Crippen LogP contribution in [0.3, 0.4) is 0 Å². The van der Waals surface area contributed by atoms with Crippen molar-refractivity contribution in [3.8, 4) is 0 Å². The molecule has 1 fully saturated rings. The molecule has 5 heteroatoms. The standard InChI is InChI=1S/C16H24N4S/c1-2-7-19-11-13(10-18-19)16(9-17)20(14-5-6-14)12-15-4-3-8-21-15/h3-4,8,10-11,14,16H,2,5-7,9,12,17H2,1H3. The Hall–Kier alpha value is -1.17. The molecule has 4 nitrogen and oxygen atoms in total. The highest BCUT2D eigenvalue weighted by Gasteiger charge is 2.34. The van der Waals surface area contributed by atoms with Gasteiger partial charge in [0.25, 0.3) is 0 Å². The summed E-state index contributed by atoms with van der Waals surface area (Å²) in [6.45, 7) is 4.81. The topological polar surface area (TPSA) is 47.1 Å². The smallest absolute Gasteiger partial charge is 0.0538 e. The van der Waals surface area contributed by atoms with Gasteiger partial charge in [-0.05, 0) is 30.7 Å². The fourth-order valence-corrected chi connectivity index (χ4v) is 3.56. The number of hydrogen-bond acceptors (Lipinski definition) is 4. The second-order valence-electron chi connectivity index (χ2n) is 5.77. The predicted molar refractivity (Wildman–Crippen MR) is 87.2 cm³/mol. The summed E-state index contributed by atoms with van der Waals surface area (Å²) >= 11 is 1.83. The maximum atomic E-state index is 6.11. The van der Waals surface area contributed by atoms with E-state index in [1.807, 2.05) is 22.2 Å². The molecule has 0 amide bonds. The molecule has 0 saturated heterocycles. The van der Waals surface area contributed by atoms with Gasteiger partial charge in [-0.1, -0.05) is 13.0 Å². The van der Waals surface area contributed by atoms with Gasteiger partial charge in [-0.25, -0.2) is 0 Å². The molecule has 114 valence electrons. The van der Waals surface area contributed by atoms with Crippen LogP contribution in [0.4, 0.5) is 0 Å². The first-order valence-corrected chi connectivity index (χ1v) is 8.70. The number of aryl methyl sites for hydroxylation is 1. The van der Waals surface area contributed by atoms with Gasteiger partial charge in [0.15, 0.2) is 0 Å². The second-order valence-corrected chi connectivity index (χ2v) is 6.80. The lowest BCUT2D eigenvalue weighted by Gasteiger charge is -2.30. The van der Waals surface area contributed by atoms with Crippen LogP contribution in [-0.2, 0) is 13.1 Å². The molecule has 21 heavy (non-hydrogen) atoms. The van der Waals surface area contributed by atoms with Crippen molar-refractivity contribution in [2.75, 3.05) is 6.54 Å². The predicted octanol–water partition coefficient (Wildman–Crippen LogP) is 3.02. The second kappa shape index (κ2) is 6.73. The zero-order valence-electron chi connectivity index (χ0n) is 12.6. The number of rotatable bonds is 8. The van der Waals surface area contributed by atoms with Crippen LogP contribution in [0.5, 0.6) is 0 Å². The van der Waals surface area contributed by atoms with Crippen LogP contribution in [0.2, 0.25) is 0 Å². The first-order chi connectivity index (χ1) is 10.3. The van der Waals surface area contributed by atoms with Gasteiger partial charge >= 0.3 is 0 Å². The van der Waals surface area contributed by atoms with Crippen molar-refractivity contribution < 1.29 is 0 Å². The lowest BCUT2D eigenvalue weighted by molar-refractivity contribution is 0.183. The molecule has 0 spiro atoms. The Morgan fingerprint density at radius 2 is 2.38 bits per heavy atom. The lowest BCUT2D eigenvalue weighted by Crippen LogP contribution is -2.34. The molecule has 2 aromatic rings.